The van der Waals surface area contributed by atoms with E-state index in [1.54, 1.807) is 6.21 Å². The molecule has 0 saturated carbocycles. The van der Waals surface area contributed by atoms with Gasteiger partial charge in [-0.15, -0.1) is 10.2 Å². The SMILES string of the molecule is CCCCOc1ccc(Br)cc1/C=N/Nc1nnc2c(n1)[nH]c1ccc(C)cc12. The van der Waals surface area contributed by atoms with Crippen LogP contribution in [0.2, 0.25) is 0 Å². The van der Waals surface area contributed by atoms with Crippen LogP contribution in [-0.4, -0.2) is 33.0 Å². The maximum absolute atomic E-state index is 5.85. The topological polar surface area (TPSA) is 88.1 Å². The van der Waals surface area contributed by atoms with Crippen molar-refractivity contribution in [2.75, 3.05) is 12.0 Å². The summed E-state index contributed by atoms with van der Waals surface area (Å²) in [6, 6.07) is 12.0. The lowest BCUT2D eigenvalue weighted by Gasteiger charge is -2.08. The first-order valence-electron chi connectivity index (χ1n) is 9.48. The molecule has 0 atom stereocenters. The highest BCUT2D eigenvalue weighted by Gasteiger charge is 2.09. The molecule has 0 aliphatic heterocycles. The Morgan fingerprint density at radius 3 is 2.97 bits per heavy atom. The molecule has 0 aliphatic carbocycles. The van der Waals surface area contributed by atoms with Gasteiger partial charge in [0.2, 0.25) is 0 Å². The molecule has 0 fully saturated rings. The lowest BCUT2D eigenvalue weighted by Crippen LogP contribution is -2.01. The van der Waals surface area contributed by atoms with Gasteiger partial charge in [0.1, 0.15) is 11.3 Å². The summed E-state index contributed by atoms with van der Waals surface area (Å²) in [6.07, 6.45) is 3.78. The van der Waals surface area contributed by atoms with E-state index in [1.165, 1.54) is 0 Å². The van der Waals surface area contributed by atoms with Crippen LogP contribution in [0.5, 0.6) is 5.75 Å². The lowest BCUT2D eigenvalue weighted by atomic mass is 10.2. The Morgan fingerprint density at radius 2 is 2.10 bits per heavy atom. The van der Waals surface area contributed by atoms with Crippen LogP contribution in [0.25, 0.3) is 22.1 Å². The van der Waals surface area contributed by atoms with Crippen molar-refractivity contribution >= 4 is 50.2 Å². The van der Waals surface area contributed by atoms with E-state index in [0.717, 1.165) is 50.6 Å². The van der Waals surface area contributed by atoms with E-state index < -0.39 is 0 Å². The fraction of sp³-hybridized carbons (Fsp3) is 0.238. The number of aromatic nitrogens is 4. The molecule has 7 nitrogen and oxygen atoms in total. The van der Waals surface area contributed by atoms with Gasteiger partial charge in [0.15, 0.2) is 5.65 Å². The number of hydrogen-bond donors (Lipinski definition) is 2. The van der Waals surface area contributed by atoms with Crippen molar-refractivity contribution in [3.8, 4) is 5.75 Å². The molecule has 0 amide bonds. The number of halogens is 1. The Morgan fingerprint density at radius 1 is 1.21 bits per heavy atom. The van der Waals surface area contributed by atoms with Crippen molar-refractivity contribution in [3.63, 3.8) is 0 Å². The third kappa shape index (κ3) is 4.37. The van der Waals surface area contributed by atoms with Gasteiger partial charge in [0.25, 0.3) is 5.95 Å². The summed E-state index contributed by atoms with van der Waals surface area (Å²) in [7, 11) is 0. The molecule has 2 N–H and O–H groups in total. The summed E-state index contributed by atoms with van der Waals surface area (Å²) < 4.78 is 6.80. The zero-order valence-electron chi connectivity index (χ0n) is 16.2. The number of H-pyrrole nitrogens is 1. The van der Waals surface area contributed by atoms with Gasteiger partial charge < -0.3 is 9.72 Å². The minimum Gasteiger partial charge on any atom is -0.493 e. The molecule has 2 heterocycles. The Balaban J connectivity index is 1.54. The molecular weight excluding hydrogens is 432 g/mol. The Kier molecular flexibility index (Phi) is 5.71. The zero-order chi connectivity index (χ0) is 20.2. The van der Waals surface area contributed by atoms with Crippen molar-refractivity contribution in [3.05, 3.63) is 52.0 Å². The third-order valence-electron chi connectivity index (χ3n) is 4.47. The van der Waals surface area contributed by atoms with Crippen LogP contribution in [0.3, 0.4) is 0 Å². The van der Waals surface area contributed by atoms with Gasteiger partial charge in [0, 0.05) is 20.9 Å². The number of fused-ring (bicyclic) bond motifs is 3. The predicted octanol–water partition coefficient (Wildman–Crippen LogP) is 5.20. The van der Waals surface area contributed by atoms with Gasteiger partial charge in [-0.3, -0.25) is 0 Å². The lowest BCUT2D eigenvalue weighted by molar-refractivity contribution is 0.309. The number of hydrazone groups is 1. The number of rotatable bonds is 7. The first-order chi connectivity index (χ1) is 14.1. The number of anilines is 1. The molecule has 4 rings (SSSR count). The fourth-order valence-electron chi connectivity index (χ4n) is 2.97. The molecule has 0 saturated heterocycles. The molecule has 0 unspecified atom stereocenters. The summed E-state index contributed by atoms with van der Waals surface area (Å²) in [4.78, 5) is 7.75. The van der Waals surface area contributed by atoms with Crippen molar-refractivity contribution in [1.29, 1.82) is 0 Å². The highest BCUT2D eigenvalue weighted by atomic mass is 79.9. The number of ether oxygens (including phenoxy) is 1. The van der Waals surface area contributed by atoms with Crippen LogP contribution in [-0.2, 0) is 0 Å². The van der Waals surface area contributed by atoms with E-state index in [9.17, 15) is 0 Å². The molecule has 0 aliphatic rings. The first kappa shape index (κ1) is 19.3. The third-order valence-corrected chi connectivity index (χ3v) is 4.96. The Bertz CT molecular complexity index is 1190. The van der Waals surface area contributed by atoms with E-state index in [1.807, 2.05) is 37.3 Å². The molecule has 2 aromatic heterocycles. The fourth-order valence-corrected chi connectivity index (χ4v) is 3.35. The van der Waals surface area contributed by atoms with E-state index in [-0.39, 0.29) is 0 Å². The average Bonchev–Trinajstić information content (AvgIpc) is 3.06. The number of benzene rings is 2. The quantitative estimate of drug-likeness (QED) is 0.228. The zero-order valence-corrected chi connectivity index (χ0v) is 17.8. The van der Waals surface area contributed by atoms with Crippen LogP contribution < -0.4 is 10.2 Å². The molecule has 0 spiro atoms. The second-order valence-electron chi connectivity index (χ2n) is 6.76. The van der Waals surface area contributed by atoms with Gasteiger partial charge in [-0.2, -0.15) is 10.1 Å². The highest BCUT2D eigenvalue weighted by molar-refractivity contribution is 9.10. The molecule has 29 heavy (non-hydrogen) atoms. The second kappa shape index (κ2) is 8.57. The average molecular weight is 453 g/mol. The molecule has 148 valence electrons. The number of hydrogen-bond acceptors (Lipinski definition) is 6. The Hall–Kier alpha value is -3.00. The van der Waals surface area contributed by atoms with E-state index in [4.69, 9.17) is 4.74 Å². The summed E-state index contributed by atoms with van der Waals surface area (Å²) in [5, 5.41) is 13.7. The first-order valence-corrected chi connectivity index (χ1v) is 10.3. The summed E-state index contributed by atoms with van der Waals surface area (Å²) >= 11 is 3.49. The van der Waals surface area contributed by atoms with Gasteiger partial charge >= 0.3 is 0 Å². The van der Waals surface area contributed by atoms with E-state index in [0.29, 0.717) is 18.2 Å². The van der Waals surface area contributed by atoms with Gasteiger partial charge in [-0.05, 0) is 43.7 Å². The van der Waals surface area contributed by atoms with Crippen molar-refractivity contribution < 1.29 is 4.74 Å². The maximum Gasteiger partial charge on any atom is 0.265 e. The van der Waals surface area contributed by atoms with Gasteiger partial charge in [0.05, 0.1) is 12.8 Å². The standard InChI is InChI=1S/C21H21BrN6O/c1-3-4-9-29-18-8-6-15(22)11-14(18)12-23-27-21-25-20-19(26-28-21)16-10-13(2)5-7-17(16)24-20/h5-8,10-12H,3-4,9H2,1-2H3,(H2,24,25,27,28)/b23-12+. The summed E-state index contributed by atoms with van der Waals surface area (Å²) in [5.74, 6) is 1.10. The van der Waals surface area contributed by atoms with Crippen LogP contribution in [0.1, 0.15) is 30.9 Å². The number of unbranched alkanes of at least 4 members (excludes halogenated alkanes) is 1. The van der Waals surface area contributed by atoms with Crippen molar-refractivity contribution in [2.24, 2.45) is 5.10 Å². The van der Waals surface area contributed by atoms with E-state index >= 15 is 0 Å². The van der Waals surface area contributed by atoms with Gasteiger partial charge in [-0.25, -0.2) is 5.43 Å². The van der Waals surface area contributed by atoms with Crippen molar-refractivity contribution in [2.45, 2.75) is 26.7 Å². The maximum atomic E-state index is 5.85. The summed E-state index contributed by atoms with van der Waals surface area (Å²) in [5.41, 5.74) is 7.27. The van der Waals surface area contributed by atoms with Crippen LogP contribution in [0, 0.1) is 6.92 Å². The van der Waals surface area contributed by atoms with E-state index in [2.05, 4.69) is 59.6 Å². The Labute approximate surface area is 176 Å². The molecule has 4 aromatic rings. The smallest absolute Gasteiger partial charge is 0.265 e. The molecule has 2 aromatic carbocycles. The predicted molar refractivity (Wildman–Crippen MR) is 120 cm³/mol. The van der Waals surface area contributed by atoms with Crippen LogP contribution >= 0.6 is 15.9 Å². The number of aryl methyl sites for hydroxylation is 1. The molecule has 0 bridgehead atoms. The van der Waals surface area contributed by atoms with Crippen LogP contribution in [0.15, 0.2) is 46.0 Å². The normalized spacial score (nSPS) is 11.6. The van der Waals surface area contributed by atoms with Gasteiger partial charge in [-0.1, -0.05) is 40.9 Å². The molecule has 8 heteroatoms. The number of aromatic amines is 1. The number of nitrogens with zero attached hydrogens (tertiary/aromatic N) is 4. The van der Waals surface area contributed by atoms with Crippen LogP contribution in [0.4, 0.5) is 5.95 Å². The minimum atomic E-state index is 0.320. The van der Waals surface area contributed by atoms with Crippen molar-refractivity contribution in [1.82, 2.24) is 20.2 Å². The summed E-state index contributed by atoms with van der Waals surface area (Å²) in [6.45, 7) is 4.86. The molecule has 0 radical (unpaired) electrons. The molecular formula is C21H21BrN6O. The monoisotopic (exact) mass is 452 g/mol. The highest BCUT2D eigenvalue weighted by Crippen LogP contribution is 2.24. The number of nitrogens with one attached hydrogen (secondary N) is 2. The minimum absolute atomic E-state index is 0.320. The largest absolute Gasteiger partial charge is 0.493 e. The second-order valence-corrected chi connectivity index (χ2v) is 7.68.